The summed E-state index contributed by atoms with van der Waals surface area (Å²) in [6.07, 6.45) is 2.17. The molecule has 0 N–H and O–H groups in total. The van der Waals surface area contributed by atoms with Crippen LogP contribution in [0.3, 0.4) is 0 Å². The minimum absolute atomic E-state index is 0.263. The summed E-state index contributed by atoms with van der Waals surface area (Å²) < 4.78 is 11.0. The lowest BCUT2D eigenvalue weighted by Gasteiger charge is -2.26. The molecule has 0 aliphatic heterocycles. The van der Waals surface area contributed by atoms with Crippen LogP contribution in [0.25, 0.3) is 0 Å². The molecule has 0 aromatic heterocycles. The Morgan fingerprint density at radius 1 is 1.00 bits per heavy atom. The molecule has 1 rings (SSSR count). The van der Waals surface area contributed by atoms with Crippen LogP contribution in [-0.4, -0.2) is 39.0 Å². The van der Waals surface area contributed by atoms with Crippen LogP contribution < -0.4 is 0 Å². The van der Waals surface area contributed by atoms with Crippen molar-refractivity contribution in [3.8, 4) is 0 Å². The van der Waals surface area contributed by atoms with E-state index in [9.17, 15) is 0 Å². The highest BCUT2D eigenvalue weighted by molar-refractivity contribution is 6.43. The smallest absolute Gasteiger partial charge is 0.167 e. The molecule has 4 heteroatoms. The first-order chi connectivity index (χ1) is 6.21. The van der Waals surface area contributed by atoms with Gasteiger partial charge in [-0.3, -0.25) is 0 Å². The summed E-state index contributed by atoms with van der Waals surface area (Å²) in [7, 11) is 5.57. The fourth-order valence-electron chi connectivity index (χ4n) is 2.06. The second-order valence-electron chi connectivity index (χ2n) is 3.52. The van der Waals surface area contributed by atoms with E-state index in [1.165, 1.54) is 0 Å². The average Bonchev–Trinajstić information content (AvgIpc) is 2.57. The zero-order chi connectivity index (χ0) is 9.90. The Morgan fingerprint density at radius 3 is 1.62 bits per heavy atom. The quantitative estimate of drug-likeness (QED) is 0.525. The Kier molecular flexibility index (Phi) is 4.16. The largest absolute Gasteiger partial charge is 0.353 e. The molecule has 13 heavy (non-hydrogen) atoms. The number of hydrogen-bond donors (Lipinski definition) is 0. The van der Waals surface area contributed by atoms with Crippen molar-refractivity contribution in [1.82, 2.24) is 0 Å². The molecule has 2 nitrogen and oxygen atoms in total. The van der Waals surface area contributed by atoms with Gasteiger partial charge in [0.25, 0.3) is 0 Å². The highest BCUT2D eigenvalue weighted by Crippen LogP contribution is 2.48. The predicted molar refractivity (Wildman–Crippen MR) is 56.7 cm³/mol. The lowest BCUT2D eigenvalue weighted by molar-refractivity contribution is -0.200. The molecule has 0 spiro atoms. The lowest BCUT2D eigenvalue weighted by Crippen LogP contribution is -2.30. The van der Waals surface area contributed by atoms with Crippen LogP contribution in [0.15, 0.2) is 0 Å². The molecular weight excluding hydrogens is 196 g/mol. The Hall–Kier alpha value is 0.354. The fourth-order valence-corrected chi connectivity index (χ4v) is 5.13. The van der Waals surface area contributed by atoms with Crippen LogP contribution in [0, 0.1) is 0 Å². The minimum atomic E-state index is -0.263. The van der Waals surface area contributed by atoms with Gasteiger partial charge >= 0.3 is 0 Å². The Labute approximate surface area is 86.0 Å². The highest BCUT2D eigenvalue weighted by Gasteiger charge is 2.44. The molecular formula is C9H18O2Si2. The van der Waals surface area contributed by atoms with Crippen molar-refractivity contribution in [2.24, 2.45) is 0 Å². The molecule has 1 aliphatic rings. The van der Waals surface area contributed by atoms with Gasteiger partial charge in [0, 0.05) is 46.1 Å². The minimum Gasteiger partial charge on any atom is -0.353 e. The number of hydrogen-bond acceptors (Lipinski definition) is 2. The summed E-state index contributed by atoms with van der Waals surface area (Å²) in [5, 5.41) is 0. The predicted octanol–water partition coefficient (Wildman–Crippen LogP) is 1.85. The third-order valence-electron chi connectivity index (χ3n) is 3.03. The molecule has 74 valence electrons. The van der Waals surface area contributed by atoms with E-state index >= 15 is 0 Å². The summed E-state index contributed by atoms with van der Waals surface area (Å²) in [4.78, 5) is 0. The maximum atomic E-state index is 5.50. The van der Waals surface area contributed by atoms with Gasteiger partial charge in [0.2, 0.25) is 0 Å². The van der Waals surface area contributed by atoms with Crippen LogP contribution in [0.2, 0.25) is 24.2 Å². The monoisotopic (exact) mass is 214 g/mol. The van der Waals surface area contributed by atoms with E-state index in [4.69, 9.17) is 9.47 Å². The van der Waals surface area contributed by atoms with Crippen LogP contribution in [0.4, 0.5) is 0 Å². The first kappa shape index (κ1) is 11.4. The van der Waals surface area contributed by atoms with Gasteiger partial charge in [-0.05, 0) is 11.1 Å². The summed E-state index contributed by atoms with van der Waals surface area (Å²) in [6.45, 7) is 4.58. The van der Waals surface area contributed by atoms with Gasteiger partial charge in [-0.2, -0.15) is 0 Å². The SMILES string of the molecule is COC1(OC)CC([Si]C)C([Si]C)C1. The van der Waals surface area contributed by atoms with Gasteiger partial charge in [0.1, 0.15) is 0 Å². The molecule has 0 bridgehead atoms. The maximum Gasteiger partial charge on any atom is 0.167 e. The number of rotatable bonds is 4. The molecule has 2 atom stereocenters. The van der Waals surface area contributed by atoms with Crippen LogP contribution in [-0.2, 0) is 9.47 Å². The number of methoxy groups -OCH3 is 2. The van der Waals surface area contributed by atoms with Gasteiger partial charge in [-0.25, -0.2) is 0 Å². The molecule has 1 saturated carbocycles. The second kappa shape index (κ2) is 4.73. The van der Waals surface area contributed by atoms with E-state index in [1.54, 1.807) is 14.2 Å². The normalized spacial score (nSPS) is 32.3. The van der Waals surface area contributed by atoms with E-state index in [2.05, 4.69) is 13.1 Å². The Bertz CT molecular complexity index is 146. The van der Waals surface area contributed by atoms with E-state index in [0.717, 1.165) is 43.0 Å². The highest BCUT2D eigenvalue weighted by atomic mass is 28.2. The molecule has 1 aliphatic carbocycles. The van der Waals surface area contributed by atoms with Crippen LogP contribution in [0.5, 0.6) is 0 Å². The van der Waals surface area contributed by atoms with Gasteiger partial charge in [0.05, 0.1) is 0 Å². The Morgan fingerprint density at radius 2 is 1.38 bits per heavy atom. The summed E-state index contributed by atoms with van der Waals surface area (Å²) in [6, 6.07) is 0. The van der Waals surface area contributed by atoms with Crippen molar-refractivity contribution < 1.29 is 9.47 Å². The molecule has 1 fully saturated rings. The summed E-state index contributed by atoms with van der Waals surface area (Å²) in [5.74, 6) is -0.263. The summed E-state index contributed by atoms with van der Waals surface area (Å²) in [5.41, 5.74) is 1.64. The van der Waals surface area contributed by atoms with Crippen molar-refractivity contribution in [3.05, 3.63) is 0 Å². The summed E-state index contributed by atoms with van der Waals surface area (Å²) >= 11 is 0. The van der Waals surface area contributed by atoms with Crippen molar-refractivity contribution in [2.45, 2.75) is 42.8 Å². The van der Waals surface area contributed by atoms with Gasteiger partial charge in [-0.15, -0.1) is 0 Å². The van der Waals surface area contributed by atoms with E-state index in [-0.39, 0.29) is 5.79 Å². The van der Waals surface area contributed by atoms with E-state index in [0.29, 0.717) is 0 Å². The standard InChI is InChI=1S/C9H18O2Si2/c1-10-9(11-2)5-7(12-3)8(6-9)13-4/h7-8H,5-6H2,1-4H3. The van der Waals surface area contributed by atoms with Crippen LogP contribution in [0.1, 0.15) is 12.8 Å². The lowest BCUT2D eigenvalue weighted by atomic mass is 10.2. The zero-order valence-electron chi connectivity index (χ0n) is 8.89. The fraction of sp³-hybridized carbons (Fsp3) is 1.00. The van der Waals surface area contributed by atoms with Crippen molar-refractivity contribution >= 4 is 19.0 Å². The first-order valence-corrected chi connectivity index (χ1v) is 7.81. The van der Waals surface area contributed by atoms with E-state index in [1.807, 2.05) is 0 Å². The molecule has 0 aromatic rings. The Balaban J connectivity index is 2.65. The molecule has 2 unspecified atom stereocenters. The van der Waals surface area contributed by atoms with Crippen LogP contribution >= 0.6 is 0 Å². The third kappa shape index (κ3) is 2.23. The maximum absolute atomic E-state index is 5.50. The topological polar surface area (TPSA) is 18.5 Å². The average molecular weight is 214 g/mol. The molecule has 0 saturated heterocycles. The van der Waals surface area contributed by atoms with Gasteiger partial charge in [-0.1, -0.05) is 13.1 Å². The number of ether oxygens (including phenoxy) is 2. The van der Waals surface area contributed by atoms with E-state index < -0.39 is 0 Å². The molecule has 4 radical (unpaired) electrons. The van der Waals surface area contributed by atoms with Crippen molar-refractivity contribution in [2.75, 3.05) is 14.2 Å². The molecule has 0 aromatic carbocycles. The van der Waals surface area contributed by atoms with Gasteiger partial charge in [0.15, 0.2) is 5.79 Å². The molecule has 0 amide bonds. The first-order valence-electron chi connectivity index (χ1n) is 4.66. The van der Waals surface area contributed by atoms with Crippen molar-refractivity contribution in [3.63, 3.8) is 0 Å². The zero-order valence-corrected chi connectivity index (χ0v) is 10.9. The third-order valence-corrected chi connectivity index (χ3v) is 6.06. The van der Waals surface area contributed by atoms with Crippen molar-refractivity contribution in [1.29, 1.82) is 0 Å². The second-order valence-corrected chi connectivity index (χ2v) is 6.16. The molecule has 0 heterocycles. The van der Waals surface area contributed by atoms with Gasteiger partial charge < -0.3 is 9.47 Å².